The number of halogens is 1. The molecule has 21 heavy (non-hydrogen) atoms. The van der Waals surface area contributed by atoms with Crippen LogP contribution in [0.25, 0.3) is 6.08 Å². The number of benzene rings is 2. The van der Waals surface area contributed by atoms with Gasteiger partial charge in [0.05, 0.1) is 5.02 Å². The summed E-state index contributed by atoms with van der Waals surface area (Å²) in [6.07, 6.45) is 3.08. The van der Waals surface area contributed by atoms with Crippen LogP contribution >= 0.6 is 11.6 Å². The minimum atomic E-state index is -0.155. The molecule has 0 fully saturated rings. The van der Waals surface area contributed by atoms with Crippen molar-refractivity contribution in [3.63, 3.8) is 0 Å². The van der Waals surface area contributed by atoms with Crippen LogP contribution in [0.4, 0.5) is 0 Å². The lowest BCUT2D eigenvalue weighted by atomic mass is 10.1. The molecule has 0 spiro atoms. The van der Waals surface area contributed by atoms with Crippen LogP contribution in [-0.2, 0) is 0 Å². The van der Waals surface area contributed by atoms with Crippen LogP contribution < -0.4 is 9.47 Å². The number of allylic oxidation sites excluding steroid dienone is 1. The van der Waals surface area contributed by atoms with E-state index < -0.39 is 0 Å². The molecule has 0 saturated heterocycles. The molecule has 0 atom stereocenters. The molecule has 5 heteroatoms. The average molecular weight is 303 g/mol. The first kappa shape index (κ1) is 13.5. The van der Waals surface area contributed by atoms with E-state index in [0.717, 1.165) is 5.56 Å². The number of aromatic hydroxyl groups is 1. The maximum atomic E-state index is 12.1. The summed E-state index contributed by atoms with van der Waals surface area (Å²) in [5, 5.41) is 9.58. The highest BCUT2D eigenvalue weighted by atomic mass is 35.5. The number of ketones is 1. The summed E-state index contributed by atoms with van der Waals surface area (Å²) in [6, 6.07) is 9.78. The maximum Gasteiger partial charge on any atom is 0.231 e. The van der Waals surface area contributed by atoms with Crippen molar-refractivity contribution in [3.05, 3.63) is 58.6 Å². The standard InChI is InChI=1S/C16H11ClO4/c17-12-7-10(2-5-14(12)19)1-4-13(18)11-3-6-15-16(8-11)21-9-20-15/h1-8,19H,9H2. The second-order valence-electron chi connectivity index (χ2n) is 4.48. The highest BCUT2D eigenvalue weighted by Crippen LogP contribution is 2.32. The Morgan fingerprint density at radius 3 is 2.76 bits per heavy atom. The number of hydrogen-bond donors (Lipinski definition) is 1. The van der Waals surface area contributed by atoms with E-state index in [1.54, 1.807) is 36.4 Å². The summed E-state index contributed by atoms with van der Waals surface area (Å²) >= 11 is 5.81. The number of fused-ring (bicyclic) bond motifs is 1. The van der Waals surface area contributed by atoms with Gasteiger partial charge >= 0.3 is 0 Å². The molecule has 1 heterocycles. The summed E-state index contributed by atoms with van der Waals surface area (Å²) in [6.45, 7) is 0.175. The molecule has 4 nitrogen and oxygen atoms in total. The Morgan fingerprint density at radius 2 is 1.95 bits per heavy atom. The molecule has 106 valence electrons. The first-order valence-corrected chi connectivity index (χ1v) is 6.62. The van der Waals surface area contributed by atoms with Gasteiger partial charge in [0.25, 0.3) is 0 Å². The second kappa shape index (κ2) is 5.50. The van der Waals surface area contributed by atoms with Crippen LogP contribution in [0.1, 0.15) is 15.9 Å². The van der Waals surface area contributed by atoms with Gasteiger partial charge in [-0.05, 0) is 42.0 Å². The lowest BCUT2D eigenvalue weighted by molar-refractivity contribution is 0.104. The molecule has 3 rings (SSSR count). The molecule has 1 aliphatic rings. The van der Waals surface area contributed by atoms with Crippen LogP contribution in [0.5, 0.6) is 17.2 Å². The predicted octanol–water partition coefficient (Wildman–Crippen LogP) is 3.67. The third-order valence-electron chi connectivity index (χ3n) is 3.06. The Kier molecular flexibility index (Phi) is 3.54. The Balaban J connectivity index is 1.79. The normalized spacial score (nSPS) is 12.8. The molecule has 1 N–H and O–H groups in total. The van der Waals surface area contributed by atoms with E-state index in [-0.39, 0.29) is 23.3 Å². The first-order chi connectivity index (χ1) is 10.1. The number of carbonyl (C=O) groups is 1. The van der Waals surface area contributed by atoms with Gasteiger partial charge in [0.15, 0.2) is 17.3 Å². The molecule has 0 unspecified atom stereocenters. The van der Waals surface area contributed by atoms with Crippen LogP contribution in [0.3, 0.4) is 0 Å². The summed E-state index contributed by atoms with van der Waals surface area (Å²) in [5.41, 5.74) is 1.24. The van der Waals surface area contributed by atoms with E-state index >= 15 is 0 Å². The monoisotopic (exact) mass is 302 g/mol. The average Bonchev–Trinajstić information content (AvgIpc) is 2.95. The molecule has 0 radical (unpaired) electrons. The largest absolute Gasteiger partial charge is 0.506 e. The summed E-state index contributed by atoms with van der Waals surface area (Å²) < 4.78 is 10.4. The zero-order chi connectivity index (χ0) is 14.8. The Labute approximate surface area is 126 Å². The zero-order valence-electron chi connectivity index (χ0n) is 10.9. The number of rotatable bonds is 3. The van der Waals surface area contributed by atoms with Crippen LogP contribution in [0.15, 0.2) is 42.5 Å². The van der Waals surface area contributed by atoms with E-state index in [2.05, 4.69) is 0 Å². The van der Waals surface area contributed by atoms with Gasteiger partial charge in [0.2, 0.25) is 6.79 Å². The molecule has 2 aromatic rings. The third-order valence-corrected chi connectivity index (χ3v) is 3.36. The van der Waals surface area contributed by atoms with Gasteiger partial charge in [-0.2, -0.15) is 0 Å². The van der Waals surface area contributed by atoms with Crippen molar-refractivity contribution in [3.8, 4) is 17.2 Å². The minimum absolute atomic E-state index is 0.0101. The van der Waals surface area contributed by atoms with E-state index in [1.807, 2.05) is 0 Å². The zero-order valence-corrected chi connectivity index (χ0v) is 11.6. The fraction of sp³-hybridized carbons (Fsp3) is 0.0625. The van der Waals surface area contributed by atoms with Crippen LogP contribution in [0.2, 0.25) is 5.02 Å². The molecule has 0 aliphatic carbocycles. The lowest BCUT2D eigenvalue weighted by Crippen LogP contribution is -1.94. The minimum Gasteiger partial charge on any atom is -0.506 e. The van der Waals surface area contributed by atoms with Crippen molar-refractivity contribution in [2.75, 3.05) is 6.79 Å². The molecular formula is C16H11ClO4. The lowest BCUT2D eigenvalue weighted by Gasteiger charge is -2.00. The van der Waals surface area contributed by atoms with Crippen molar-refractivity contribution < 1.29 is 19.4 Å². The van der Waals surface area contributed by atoms with Crippen molar-refractivity contribution in [1.82, 2.24) is 0 Å². The summed E-state index contributed by atoms with van der Waals surface area (Å²) in [7, 11) is 0. The van der Waals surface area contributed by atoms with E-state index in [1.165, 1.54) is 12.1 Å². The highest BCUT2D eigenvalue weighted by molar-refractivity contribution is 6.32. The molecular weight excluding hydrogens is 292 g/mol. The number of ether oxygens (including phenoxy) is 2. The van der Waals surface area contributed by atoms with Crippen molar-refractivity contribution >= 4 is 23.5 Å². The van der Waals surface area contributed by atoms with E-state index in [9.17, 15) is 9.90 Å². The molecule has 0 aromatic heterocycles. The molecule has 2 aromatic carbocycles. The fourth-order valence-electron chi connectivity index (χ4n) is 1.94. The molecule has 0 saturated carbocycles. The summed E-state index contributed by atoms with van der Waals surface area (Å²) in [4.78, 5) is 12.1. The molecule has 0 bridgehead atoms. The highest BCUT2D eigenvalue weighted by Gasteiger charge is 2.15. The van der Waals surface area contributed by atoms with Crippen molar-refractivity contribution in [1.29, 1.82) is 0 Å². The van der Waals surface area contributed by atoms with Gasteiger partial charge in [0, 0.05) is 5.56 Å². The number of carbonyl (C=O) groups excluding carboxylic acids is 1. The van der Waals surface area contributed by atoms with E-state index in [0.29, 0.717) is 17.1 Å². The third kappa shape index (κ3) is 2.85. The second-order valence-corrected chi connectivity index (χ2v) is 4.88. The van der Waals surface area contributed by atoms with E-state index in [4.69, 9.17) is 21.1 Å². The fourth-order valence-corrected chi connectivity index (χ4v) is 2.13. The number of phenolic OH excluding ortho intramolecular Hbond substituents is 1. The van der Waals surface area contributed by atoms with Gasteiger partial charge < -0.3 is 14.6 Å². The number of phenols is 1. The number of hydrogen-bond acceptors (Lipinski definition) is 4. The SMILES string of the molecule is O=C(C=Cc1ccc(O)c(Cl)c1)c1ccc2c(c1)OCO2. The van der Waals surface area contributed by atoms with Crippen molar-refractivity contribution in [2.45, 2.75) is 0 Å². The molecule has 0 amide bonds. The smallest absolute Gasteiger partial charge is 0.231 e. The molecule has 1 aliphatic heterocycles. The van der Waals surface area contributed by atoms with Gasteiger partial charge in [-0.15, -0.1) is 0 Å². The Hall–Kier alpha value is -2.46. The first-order valence-electron chi connectivity index (χ1n) is 6.24. The predicted molar refractivity (Wildman–Crippen MR) is 79.0 cm³/mol. The van der Waals surface area contributed by atoms with Gasteiger partial charge in [-0.25, -0.2) is 0 Å². The van der Waals surface area contributed by atoms with Crippen molar-refractivity contribution in [2.24, 2.45) is 0 Å². The van der Waals surface area contributed by atoms with Gasteiger partial charge in [-0.1, -0.05) is 23.7 Å². The Morgan fingerprint density at radius 1 is 1.14 bits per heavy atom. The van der Waals surface area contributed by atoms with Gasteiger partial charge in [0.1, 0.15) is 5.75 Å². The maximum absolute atomic E-state index is 12.1. The quantitative estimate of drug-likeness (QED) is 0.694. The topological polar surface area (TPSA) is 55.8 Å². The Bertz CT molecular complexity index is 737. The van der Waals surface area contributed by atoms with Crippen LogP contribution in [0, 0.1) is 0 Å². The van der Waals surface area contributed by atoms with Crippen LogP contribution in [-0.4, -0.2) is 17.7 Å². The van der Waals surface area contributed by atoms with Gasteiger partial charge in [-0.3, -0.25) is 4.79 Å². The summed E-state index contributed by atoms with van der Waals surface area (Å²) in [5.74, 6) is 1.07.